The molecule has 0 radical (unpaired) electrons. The van der Waals surface area contributed by atoms with Crippen molar-refractivity contribution in [3.63, 3.8) is 0 Å². The number of rotatable bonds is 10. The van der Waals surface area contributed by atoms with Gasteiger partial charge in [-0.1, -0.05) is 32.3 Å². The van der Waals surface area contributed by atoms with E-state index < -0.39 is 0 Å². The van der Waals surface area contributed by atoms with Gasteiger partial charge in [-0.25, -0.2) is 0 Å². The van der Waals surface area contributed by atoms with E-state index in [-0.39, 0.29) is 29.0 Å². The van der Waals surface area contributed by atoms with Gasteiger partial charge in [0, 0.05) is 17.6 Å². The fourth-order valence-corrected chi connectivity index (χ4v) is 5.82. The molecule has 0 bridgehead atoms. The average Bonchev–Trinajstić information content (AvgIpc) is 2.83. The lowest BCUT2D eigenvalue weighted by molar-refractivity contribution is 0.175. The monoisotopic (exact) mass is 468 g/mol. The van der Waals surface area contributed by atoms with Crippen molar-refractivity contribution in [2.45, 2.75) is 83.2 Å². The molecule has 2 aromatic rings. The molecule has 2 unspecified atom stereocenters. The first-order valence-electron chi connectivity index (χ1n) is 13.0. The summed E-state index contributed by atoms with van der Waals surface area (Å²) in [6.45, 7) is 5.36. The van der Waals surface area contributed by atoms with Crippen LogP contribution in [0.4, 0.5) is 0 Å². The molecule has 0 saturated heterocycles. The lowest BCUT2D eigenvalue weighted by Crippen LogP contribution is -2.40. The van der Waals surface area contributed by atoms with Crippen molar-refractivity contribution in [3.05, 3.63) is 46.5 Å². The molecule has 4 rings (SSSR count). The van der Waals surface area contributed by atoms with Gasteiger partial charge in [-0.05, 0) is 99.5 Å². The zero-order valence-corrected chi connectivity index (χ0v) is 20.4. The van der Waals surface area contributed by atoms with Crippen LogP contribution in [0, 0.1) is 0 Å². The summed E-state index contributed by atoms with van der Waals surface area (Å²) < 4.78 is 0. The number of aromatic hydroxyl groups is 4. The van der Waals surface area contributed by atoms with E-state index in [0.717, 1.165) is 81.3 Å². The van der Waals surface area contributed by atoms with E-state index in [1.807, 2.05) is 6.07 Å². The molecule has 0 amide bonds. The van der Waals surface area contributed by atoms with Gasteiger partial charge in [0.1, 0.15) is 0 Å². The van der Waals surface area contributed by atoms with Gasteiger partial charge in [0.25, 0.3) is 0 Å². The molecule has 0 aromatic heterocycles. The van der Waals surface area contributed by atoms with Crippen LogP contribution in [0.5, 0.6) is 23.0 Å². The molecule has 2 aliphatic rings. The van der Waals surface area contributed by atoms with Crippen LogP contribution in [0.1, 0.15) is 80.2 Å². The number of hydrogen-bond donors (Lipinski definition) is 5. The zero-order chi connectivity index (χ0) is 24.1. The Bertz CT molecular complexity index is 977. The minimum atomic E-state index is -0.0270. The second-order valence-corrected chi connectivity index (χ2v) is 10.0. The molecule has 0 fully saturated rings. The predicted octanol–water partition coefficient (Wildman–Crippen LogP) is 4.92. The standard InChI is InChI=1S/C28H40N2O4/c1-2-14-30(21-9-10-22-19(16-21)8-11-25(31)28(22)34)15-6-4-3-5-7-24-23-18-27(33)26(32)17-20(23)12-13-29-24/h8,11,17-18,21,24,29,31-34H,2-7,9-10,12-16H2,1H3. The largest absolute Gasteiger partial charge is 0.504 e. The van der Waals surface area contributed by atoms with Gasteiger partial charge in [0.05, 0.1) is 0 Å². The molecule has 5 N–H and O–H groups in total. The molecule has 34 heavy (non-hydrogen) atoms. The smallest absolute Gasteiger partial charge is 0.160 e. The third-order valence-corrected chi connectivity index (χ3v) is 7.65. The van der Waals surface area contributed by atoms with E-state index in [4.69, 9.17) is 0 Å². The Morgan fingerprint density at radius 3 is 2.50 bits per heavy atom. The highest BCUT2D eigenvalue weighted by molar-refractivity contribution is 5.50. The molecule has 2 atom stereocenters. The first kappa shape index (κ1) is 24.7. The number of nitrogens with one attached hydrogen (secondary N) is 1. The second kappa shape index (κ2) is 11.3. The fourth-order valence-electron chi connectivity index (χ4n) is 5.82. The van der Waals surface area contributed by atoms with E-state index in [1.165, 1.54) is 24.8 Å². The Balaban J connectivity index is 1.22. The minimum Gasteiger partial charge on any atom is -0.504 e. The normalized spacial score (nSPS) is 19.7. The van der Waals surface area contributed by atoms with Crippen LogP contribution in [0.25, 0.3) is 0 Å². The van der Waals surface area contributed by atoms with E-state index in [0.29, 0.717) is 6.04 Å². The molecule has 1 aliphatic heterocycles. The molecule has 0 saturated carbocycles. The quantitative estimate of drug-likeness (QED) is 0.251. The number of unbranched alkanes of at least 4 members (excludes halogenated alkanes) is 3. The van der Waals surface area contributed by atoms with Gasteiger partial charge in [-0.3, -0.25) is 0 Å². The SMILES string of the molecule is CCCN(CCCCCCC1NCCc2cc(O)c(O)cc21)C1CCc2c(ccc(O)c2O)C1. The number of phenolic OH excluding ortho intramolecular Hbond substituents is 4. The van der Waals surface area contributed by atoms with Crippen LogP contribution in [0.15, 0.2) is 24.3 Å². The Kier molecular flexibility index (Phi) is 8.22. The maximum atomic E-state index is 10.2. The summed E-state index contributed by atoms with van der Waals surface area (Å²) in [5.41, 5.74) is 4.38. The van der Waals surface area contributed by atoms with Crippen molar-refractivity contribution in [3.8, 4) is 23.0 Å². The van der Waals surface area contributed by atoms with Crippen LogP contribution in [0.2, 0.25) is 0 Å². The van der Waals surface area contributed by atoms with Crippen LogP contribution < -0.4 is 5.32 Å². The maximum Gasteiger partial charge on any atom is 0.160 e. The molecule has 1 heterocycles. The molecule has 2 aromatic carbocycles. The van der Waals surface area contributed by atoms with Gasteiger partial charge in [0.2, 0.25) is 0 Å². The Morgan fingerprint density at radius 2 is 1.68 bits per heavy atom. The predicted molar refractivity (Wildman–Crippen MR) is 135 cm³/mol. The van der Waals surface area contributed by atoms with Crippen LogP contribution in [0.3, 0.4) is 0 Å². The molecule has 0 spiro atoms. The highest BCUT2D eigenvalue weighted by atomic mass is 16.3. The highest BCUT2D eigenvalue weighted by Crippen LogP contribution is 2.37. The average molecular weight is 469 g/mol. The molecule has 6 heteroatoms. The molecular formula is C28H40N2O4. The van der Waals surface area contributed by atoms with E-state index in [2.05, 4.69) is 17.1 Å². The Morgan fingerprint density at radius 1 is 0.882 bits per heavy atom. The third kappa shape index (κ3) is 5.61. The topological polar surface area (TPSA) is 96.2 Å². The summed E-state index contributed by atoms with van der Waals surface area (Å²) in [5.74, 6) is 0.0119. The Labute approximate surface area is 203 Å². The molecule has 186 valence electrons. The van der Waals surface area contributed by atoms with E-state index in [9.17, 15) is 20.4 Å². The van der Waals surface area contributed by atoms with Crippen molar-refractivity contribution >= 4 is 0 Å². The third-order valence-electron chi connectivity index (χ3n) is 7.65. The number of phenols is 4. The summed E-state index contributed by atoms with van der Waals surface area (Å²) in [6.07, 6.45) is 10.6. The van der Waals surface area contributed by atoms with E-state index >= 15 is 0 Å². The van der Waals surface area contributed by atoms with Gasteiger partial charge < -0.3 is 30.6 Å². The van der Waals surface area contributed by atoms with Crippen molar-refractivity contribution in [1.82, 2.24) is 10.2 Å². The minimum absolute atomic E-state index is 0.00974. The van der Waals surface area contributed by atoms with Crippen molar-refractivity contribution < 1.29 is 20.4 Å². The summed E-state index contributed by atoms with van der Waals surface area (Å²) in [7, 11) is 0. The fraction of sp³-hybridized carbons (Fsp3) is 0.571. The van der Waals surface area contributed by atoms with Crippen LogP contribution in [-0.4, -0.2) is 51.0 Å². The highest BCUT2D eigenvalue weighted by Gasteiger charge is 2.26. The van der Waals surface area contributed by atoms with Gasteiger partial charge in [-0.15, -0.1) is 0 Å². The van der Waals surface area contributed by atoms with E-state index in [1.54, 1.807) is 18.2 Å². The van der Waals surface area contributed by atoms with Gasteiger partial charge in [0.15, 0.2) is 23.0 Å². The van der Waals surface area contributed by atoms with Crippen molar-refractivity contribution in [2.75, 3.05) is 19.6 Å². The Hall–Kier alpha value is -2.44. The molecule has 6 nitrogen and oxygen atoms in total. The van der Waals surface area contributed by atoms with Gasteiger partial charge in [-0.2, -0.15) is 0 Å². The van der Waals surface area contributed by atoms with Crippen molar-refractivity contribution in [1.29, 1.82) is 0 Å². The number of benzene rings is 2. The summed E-state index contributed by atoms with van der Waals surface area (Å²) >= 11 is 0. The van der Waals surface area contributed by atoms with Crippen LogP contribution in [-0.2, 0) is 19.3 Å². The number of hydrogen-bond acceptors (Lipinski definition) is 6. The zero-order valence-electron chi connectivity index (χ0n) is 20.4. The van der Waals surface area contributed by atoms with Crippen LogP contribution >= 0.6 is 0 Å². The number of fused-ring (bicyclic) bond motifs is 2. The lowest BCUT2D eigenvalue weighted by Gasteiger charge is -2.35. The van der Waals surface area contributed by atoms with Gasteiger partial charge >= 0.3 is 0 Å². The summed E-state index contributed by atoms with van der Waals surface area (Å²) in [5, 5.41) is 43.2. The molecule has 1 aliphatic carbocycles. The summed E-state index contributed by atoms with van der Waals surface area (Å²) in [6, 6.07) is 7.79. The molecular weight excluding hydrogens is 428 g/mol. The number of nitrogens with zero attached hydrogens (tertiary/aromatic N) is 1. The first-order chi connectivity index (χ1) is 16.5. The lowest BCUT2D eigenvalue weighted by atomic mass is 9.86. The summed E-state index contributed by atoms with van der Waals surface area (Å²) in [4.78, 5) is 2.63. The first-order valence-corrected chi connectivity index (χ1v) is 13.0. The van der Waals surface area contributed by atoms with Crippen molar-refractivity contribution in [2.24, 2.45) is 0 Å². The maximum absolute atomic E-state index is 10.2. The second-order valence-electron chi connectivity index (χ2n) is 10.0.